The van der Waals surface area contributed by atoms with E-state index in [1.54, 1.807) is 12.1 Å². The van der Waals surface area contributed by atoms with Crippen molar-refractivity contribution in [2.24, 2.45) is 23.7 Å². The summed E-state index contributed by atoms with van der Waals surface area (Å²) >= 11 is 0. The molecule has 0 saturated heterocycles. The van der Waals surface area contributed by atoms with Crippen LogP contribution >= 0.6 is 0 Å². The molecule has 2 aliphatic rings. The summed E-state index contributed by atoms with van der Waals surface area (Å²) in [4.78, 5) is 37.6. The van der Waals surface area contributed by atoms with Crippen molar-refractivity contribution in [1.29, 1.82) is 0 Å². The van der Waals surface area contributed by atoms with Crippen LogP contribution in [0.2, 0.25) is 0 Å². The summed E-state index contributed by atoms with van der Waals surface area (Å²) in [7, 11) is 0. The standard InChI is InChI=1S/C24H33NO5/c1-14(16-6-7-16)22(27)29-20-11-10-18(19(26)13-25-24(3,4)5)12-21(20)30-23(28)15(2)17-8-9-17/h10-12,14-17,25H,6-9,13H2,1-5H3. The number of ether oxygens (including phenoxy) is 2. The predicted molar refractivity (Wildman–Crippen MR) is 114 cm³/mol. The van der Waals surface area contributed by atoms with Gasteiger partial charge in [0, 0.05) is 11.1 Å². The Morgan fingerprint density at radius 1 is 0.933 bits per heavy atom. The van der Waals surface area contributed by atoms with Crippen LogP contribution < -0.4 is 14.8 Å². The summed E-state index contributed by atoms with van der Waals surface area (Å²) in [6.07, 6.45) is 4.11. The van der Waals surface area contributed by atoms with Crippen LogP contribution in [0.4, 0.5) is 0 Å². The fourth-order valence-electron chi connectivity index (χ4n) is 3.27. The SMILES string of the molecule is CC(C(=O)Oc1ccc(C(=O)CNC(C)(C)C)cc1OC(=O)C(C)C1CC1)C1CC1. The zero-order chi connectivity index (χ0) is 22.1. The Balaban J connectivity index is 1.78. The molecule has 1 N–H and O–H groups in total. The van der Waals surface area contributed by atoms with Crippen molar-refractivity contribution in [1.82, 2.24) is 5.32 Å². The lowest BCUT2D eigenvalue weighted by Crippen LogP contribution is -2.39. The van der Waals surface area contributed by atoms with Gasteiger partial charge in [0.1, 0.15) is 0 Å². The van der Waals surface area contributed by atoms with Gasteiger partial charge in [0.05, 0.1) is 18.4 Å². The minimum atomic E-state index is -0.359. The average molecular weight is 416 g/mol. The average Bonchev–Trinajstić information content (AvgIpc) is 3.57. The van der Waals surface area contributed by atoms with Crippen LogP contribution in [0.5, 0.6) is 11.5 Å². The Morgan fingerprint density at radius 3 is 1.90 bits per heavy atom. The van der Waals surface area contributed by atoms with Gasteiger partial charge in [-0.15, -0.1) is 0 Å². The van der Waals surface area contributed by atoms with E-state index >= 15 is 0 Å². The van der Waals surface area contributed by atoms with Crippen molar-refractivity contribution in [3.8, 4) is 11.5 Å². The molecule has 2 unspecified atom stereocenters. The predicted octanol–water partition coefficient (Wildman–Crippen LogP) is 4.16. The summed E-state index contributed by atoms with van der Waals surface area (Å²) in [5.41, 5.74) is 0.211. The maximum absolute atomic E-state index is 12.6. The van der Waals surface area contributed by atoms with Gasteiger partial charge in [-0.2, -0.15) is 0 Å². The normalized spacial score (nSPS) is 18.4. The number of hydrogen-bond donors (Lipinski definition) is 1. The van der Waals surface area contributed by atoms with Gasteiger partial charge < -0.3 is 14.8 Å². The van der Waals surface area contributed by atoms with Crippen LogP contribution in [-0.4, -0.2) is 29.8 Å². The fraction of sp³-hybridized carbons (Fsp3) is 0.625. The first-order chi connectivity index (χ1) is 14.0. The van der Waals surface area contributed by atoms with Crippen LogP contribution in [0.1, 0.15) is 70.7 Å². The Morgan fingerprint density at radius 2 is 1.43 bits per heavy atom. The molecule has 30 heavy (non-hydrogen) atoms. The third-order valence-electron chi connectivity index (χ3n) is 5.87. The largest absolute Gasteiger partial charge is 0.422 e. The molecule has 0 aromatic heterocycles. The highest BCUT2D eigenvalue weighted by Gasteiger charge is 2.36. The third-order valence-corrected chi connectivity index (χ3v) is 5.87. The van der Waals surface area contributed by atoms with Gasteiger partial charge in [-0.1, -0.05) is 13.8 Å². The lowest BCUT2D eigenvalue weighted by Gasteiger charge is -2.20. The lowest BCUT2D eigenvalue weighted by molar-refractivity contribution is -0.141. The molecule has 0 aliphatic heterocycles. The number of esters is 2. The number of Topliss-reactive ketones (excluding diaryl/α,β-unsaturated/α-hetero) is 1. The molecule has 2 fully saturated rings. The van der Waals surface area contributed by atoms with Crippen molar-refractivity contribution in [3.05, 3.63) is 23.8 Å². The molecular formula is C24H33NO5. The van der Waals surface area contributed by atoms with E-state index in [0.29, 0.717) is 17.4 Å². The smallest absolute Gasteiger partial charge is 0.314 e. The fourth-order valence-corrected chi connectivity index (χ4v) is 3.27. The van der Waals surface area contributed by atoms with Crippen molar-refractivity contribution in [2.75, 3.05) is 6.54 Å². The minimum absolute atomic E-state index is 0.123. The van der Waals surface area contributed by atoms with Crippen molar-refractivity contribution in [2.45, 2.75) is 65.8 Å². The Bertz CT molecular complexity index is 817. The van der Waals surface area contributed by atoms with E-state index in [1.165, 1.54) is 6.07 Å². The van der Waals surface area contributed by atoms with Crippen LogP contribution in [-0.2, 0) is 9.59 Å². The zero-order valence-electron chi connectivity index (χ0n) is 18.6. The highest BCUT2D eigenvalue weighted by atomic mass is 16.6. The number of rotatable bonds is 9. The molecule has 0 amide bonds. The summed E-state index contributed by atoms with van der Waals surface area (Å²) < 4.78 is 11.2. The highest BCUT2D eigenvalue weighted by molar-refractivity contribution is 5.98. The summed E-state index contributed by atoms with van der Waals surface area (Å²) in [5, 5.41) is 3.16. The molecule has 0 bridgehead atoms. The van der Waals surface area contributed by atoms with Crippen molar-refractivity contribution in [3.63, 3.8) is 0 Å². The molecule has 3 rings (SSSR count). The topological polar surface area (TPSA) is 81.7 Å². The van der Waals surface area contributed by atoms with E-state index in [0.717, 1.165) is 25.7 Å². The molecule has 6 heteroatoms. The molecule has 2 aliphatic carbocycles. The molecule has 0 radical (unpaired) electrons. The van der Waals surface area contributed by atoms with Gasteiger partial charge in [0.2, 0.25) is 0 Å². The molecule has 0 heterocycles. The quantitative estimate of drug-likeness (QED) is 0.370. The van der Waals surface area contributed by atoms with Gasteiger partial charge in [0.25, 0.3) is 0 Å². The number of carbonyl (C=O) groups excluding carboxylic acids is 3. The van der Waals surface area contributed by atoms with E-state index in [-0.39, 0.29) is 53.1 Å². The highest BCUT2D eigenvalue weighted by Crippen LogP contribution is 2.40. The summed E-state index contributed by atoms with van der Waals surface area (Å²) in [6.45, 7) is 9.82. The maximum Gasteiger partial charge on any atom is 0.314 e. The molecule has 164 valence electrons. The van der Waals surface area contributed by atoms with Gasteiger partial charge in [0.15, 0.2) is 17.3 Å². The first kappa shape index (κ1) is 22.5. The second kappa shape index (κ2) is 8.88. The number of carbonyl (C=O) groups is 3. The first-order valence-electron chi connectivity index (χ1n) is 10.9. The molecule has 0 spiro atoms. The van der Waals surface area contributed by atoms with E-state index in [9.17, 15) is 14.4 Å². The van der Waals surface area contributed by atoms with E-state index in [1.807, 2.05) is 34.6 Å². The molecular weight excluding hydrogens is 382 g/mol. The third kappa shape index (κ3) is 6.14. The van der Waals surface area contributed by atoms with Gasteiger partial charge in [-0.3, -0.25) is 14.4 Å². The Kier molecular flexibility index (Phi) is 6.65. The Hall–Kier alpha value is -2.21. The number of benzene rings is 1. The summed E-state index contributed by atoms with van der Waals surface area (Å²) in [6, 6.07) is 4.67. The van der Waals surface area contributed by atoms with Crippen molar-refractivity contribution < 1.29 is 23.9 Å². The van der Waals surface area contributed by atoms with Crippen LogP contribution in [0.15, 0.2) is 18.2 Å². The van der Waals surface area contributed by atoms with Gasteiger partial charge >= 0.3 is 11.9 Å². The first-order valence-corrected chi connectivity index (χ1v) is 10.9. The lowest BCUT2D eigenvalue weighted by atomic mass is 10.1. The Labute approximate surface area is 178 Å². The van der Waals surface area contributed by atoms with Crippen LogP contribution in [0, 0.1) is 23.7 Å². The van der Waals surface area contributed by atoms with Gasteiger partial charge in [-0.05, 0) is 76.5 Å². The molecule has 1 aromatic carbocycles. The molecule has 1 aromatic rings. The van der Waals surface area contributed by atoms with E-state index < -0.39 is 0 Å². The van der Waals surface area contributed by atoms with E-state index in [2.05, 4.69) is 5.32 Å². The zero-order valence-corrected chi connectivity index (χ0v) is 18.6. The second-order valence-corrected chi connectivity index (χ2v) is 9.78. The molecule has 6 nitrogen and oxygen atoms in total. The second-order valence-electron chi connectivity index (χ2n) is 9.78. The molecule has 2 saturated carbocycles. The van der Waals surface area contributed by atoms with E-state index in [4.69, 9.17) is 9.47 Å². The minimum Gasteiger partial charge on any atom is -0.422 e. The summed E-state index contributed by atoms with van der Waals surface area (Å²) in [5.74, 6) is -0.212. The van der Waals surface area contributed by atoms with Crippen LogP contribution in [0.25, 0.3) is 0 Å². The molecule has 2 atom stereocenters. The van der Waals surface area contributed by atoms with Crippen LogP contribution in [0.3, 0.4) is 0 Å². The number of hydrogen-bond acceptors (Lipinski definition) is 6. The van der Waals surface area contributed by atoms with Crippen molar-refractivity contribution >= 4 is 17.7 Å². The maximum atomic E-state index is 12.6. The monoisotopic (exact) mass is 415 g/mol. The number of ketones is 1. The van der Waals surface area contributed by atoms with Gasteiger partial charge in [-0.25, -0.2) is 0 Å². The number of nitrogens with one attached hydrogen (secondary N) is 1.